The fraction of sp³-hybridized carbons (Fsp3) is 0.394. The van der Waals surface area contributed by atoms with Crippen molar-refractivity contribution in [3.8, 4) is 11.5 Å². The van der Waals surface area contributed by atoms with Gasteiger partial charge in [0.2, 0.25) is 18.6 Å². The molecule has 0 spiro atoms. The maximum Gasteiger partial charge on any atom is 0.308 e. The van der Waals surface area contributed by atoms with E-state index in [-0.39, 0.29) is 31.1 Å². The monoisotopic (exact) mass is 584 g/mol. The van der Waals surface area contributed by atoms with Crippen LogP contribution in [0.3, 0.4) is 0 Å². The van der Waals surface area contributed by atoms with E-state index in [2.05, 4.69) is 11.9 Å². The Labute approximate surface area is 250 Å². The number of benzene rings is 2. The second kappa shape index (κ2) is 12.4. The van der Waals surface area contributed by atoms with Crippen molar-refractivity contribution < 1.29 is 29.0 Å². The molecule has 4 heterocycles. The van der Waals surface area contributed by atoms with Gasteiger partial charge >= 0.3 is 5.97 Å². The van der Waals surface area contributed by atoms with Crippen molar-refractivity contribution in [1.82, 2.24) is 9.88 Å². The number of rotatable bonds is 11. The van der Waals surface area contributed by atoms with Crippen molar-refractivity contribution in [3.05, 3.63) is 78.1 Å². The number of aromatic nitrogens is 1. The molecule has 0 radical (unpaired) electrons. The van der Waals surface area contributed by atoms with Gasteiger partial charge < -0.3 is 24.4 Å². The molecular weight excluding hydrogens is 548 g/mol. The van der Waals surface area contributed by atoms with Crippen molar-refractivity contribution >= 4 is 29.2 Å². The molecule has 3 aliphatic rings. The Morgan fingerprint density at radius 2 is 1.93 bits per heavy atom. The summed E-state index contributed by atoms with van der Waals surface area (Å²) < 4.78 is 11.1. The minimum absolute atomic E-state index is 0.00309. The molecule has 43 heavy (non-hydrogen) atoms. The number of pyridine rings is 1. The number of nitrogens with zero attached hydrogens (tertiary/aromatic N) is 4. The molecule has 2 aromatic carbocycles. The molecule has 0 bridgehead atoms. The number of ether oxygens (including phenoxy) is 2. The summed E-state index contributed by atoms with van der Waals surface area (Å²) in [6.07, 6.45) is 5.86. The predicted octanol–water partition coefficient (Wildman–Crippen LogP) is 4.09. The SMILES string of the molecule is CCCCN(C(=O)CN1C[C@H](c2ccc3c(c2)OCO3)[C@@H](C(=O)O)C1CCN1C(=O)Cc2ccccc21)c1cccnc1. The number of fused-ring (bicyclic) bond motifs is 2. The summed E-state index contributed by atoms with van der Waals surface area (Å²) in [5.41, 5.74) is 3.39. The number of carboxylic acids is 1. The first-order valence-electron chi connectivity index (χ1n) is 14.9. The Hall–Kier alpha value is -4.44. The van der Waals surface area contributed by atoms with E-state index in [0.717, 1.165) is 35.3 Å². The van der Waals surface area contributed by atoms with Crippen molar-refractivity contribution in [1.29, 1.82) is 0 Å². The fourth-order valence-corrected chi connectivity index (χ4v) is 6.64. The van der Waals surface area contributed by atoms with Gasteiger partial charge in [-0.15, -0.1) is 0 Å². The van der Waals surface area contributed by atoms with E-state index in [9.17, 15) is 19.5 Å². The summed E-state index contributed by atoms with van der Waals surface area (Å²) in [6.45, 7) is 3.55. The summed E-state index contributed by atoms with van der Waals surface area (Å²) in [4.78, 5) is 49.5. The van der Waals surface area contributed by atoms with Crippen LogP contribution in [0.4, 0.5) is 11.4 Å². The van der Waals surface area contributed by atoms with Gasteiger partial charge in [0.15, 0.2) is 11.5 Å². The topological polar surface area (TPSA) is 113 Å². The van der Waals surface area contributed by atoms with Crippen molar-refractivity contribution in [2.75, 3.05) is 42.8 Å². The third-order valence-corrected chi connectivity index (χ3v) is 8.76. The van der Waals surface area contributed by atoms with Crippen LogP contribution in [-0.4, -0.2) is 71.8 Å². The van der Waals surface area contributed by atoms with Gasteiger partial charge in [0, 0.05) is 43.5 Å². The molecule has 1 aromatic heterocycles. The molecule has 1 fully saturated rings. The number of likely N-dealkylation sites (tertiary alicyclic amines) is 1. The first kappa shape index (κ1) is 28.7. The number of hydrogen-bond acceptors (Lipinski definition) is 7. The molecule has 1 N–H and O–H groups in total. The Morgan fingerprint density at radius 3 is 2.72 bits per heavy atom. The zero-order valence-electron chi connectivity index (χ0n) is 24.2. The summed E-state index contributed by atoms with van der Waals surface area (Å²) in [7, 11) is 0. The van der Waals surface area contributed by atoms with Gasteiger partial charge in [0.25, 0.3) is 0 Å². The number of hydrogen-bond donors (Lipinski definition) is 1. The summed E-state index contributed by atoms with van der Waals surface area (Å²) in [5.74, 6) is -0.975. The molecule has 3 atom stereocenters. The van der Waals surface area contributed by atoms with E-state index in [0.29, 0.717) is 44.0 Å². The summed E-state index contributed by atoms with van der Waals surface area (Å²) >= 11 is 0. The standard InChI is InChI=1S/C33H36N4O6/c1-2-3-14-36(24-8-6-13-34-18-24)31(39)20-35-19-25(22-10-11-28-29(16-22)43-21-42-28)32(33(40)41)27(35)12-15-37-26-9-5-4-7-23(26)17-30(37)38/h4-11,13,16,18,25,27,32H,2-3,12,14-15,17,19-21H2,1H3,(H,40,41)/t25-,27?,32-/m1/s1. The van der Waals surface area contributed by atoms with E-state index in [4.69, 9.17) is 9.47 Å². The van der Waals surface area contributed by atoms with Crippen LogP contribution in [0.5, 0.6) is 11.5 Å². The molecule has 10 heteroatoms. The second-order valence-corrected chi connectivity index (χ2v) is 11.3. The average molecular weight is 585 g/mol. The third-order valence-electron chi connectivity index (χ3n) is 8.76. The number of aliphatic carboxylic acids is 1. The number of carboxylic acid groups (broad SMARTS) is 1. The molecule has 6 rings (SSSR count). The van der Waals surface area contributed by atoms with E-state index >= 15 is 0 Å². The highest BCUT2D eigenvalue weighted by molar-refractivity contribution is 6.01. The maximum atomic E-state index is 13.9. The Bertz CT molecular complexity index is 1500. The molecule has 3 aromatic rings. The molecule has 10 nitrogen and oxygen atoms in total. The van der Waals surface area contributed by atoms with Gasteiger partial charge in [-0.3, -0.25) is 24.3 Å². The third kappa shape index (κ3) is 5.79. The molecule has 224 valence electrons. The normalized spacial score (nSPS) is 20.8. The zero-order valence-corrected chi connectivity index (χ0v) is 24.2. The van der Waals surface area contributed by atoms with Gasteiger partial charge in [-0.1, -0.05) is 37.6 Å². The lowest BCUT2D eigenvalue weighted by Crippen LogP contribution is -2.46. The lowest BCUT2D eigenvalue weighted by Gasteiger charge is -2.31. The zero-order chi connectivity index (χ0) is 29.9. The van der Waals surface area contributed by atoms with E-state index in [1.807, 2.05) is 53.4 Å². The second-order valence-electron chi connectivity index (χ2n) is 11.3. The largest absolute Gasteiger partial charge is 0.481 e. The van der Waals surface area contributed by atoms with Crippen molar-refractivity contribution in [2.45, 2.75) is 44.6 Å². The number of para-hydroxylation sites is 1. The van der Waals surface area contributed by atoms with Crippen LogP contribution in [0.25, 0.3) is 0 Å². The van der Waals surface area contributed by atoms with E-state index < -0.39 is 17.9 Å². The smallest absolute Gasteiger partial charge is 0.308 e. The van der Waals surface area contributed by atoms with Crippen LogP contribution in [0.15, 0.2) is 67.0 Å². The summed E-state index contributed by atoms with van der Waals surface area (Å²) in [5, 5.41) is 10.6. The first-order valence-corrected chi connectivity index (χ1v) is 14.9. The van der Waals surface area contributed by atoms with Gasteiger partial charge in [0.1, 0.15) is 0 Å². The summed E-state index contributed by atoms with van der Waals surface area (Å²) in [6, 6.07) is 16.5. The lowest BCUT2D eigenvalue weighted by atomic mass is 9.84. The van der Waals surface area contributed by atoms with Crippen LogP contribution < -0.4 is 19.3 Å². The Morgan fingerprint density at radius 1 is 1.09 bits per heavy atom. The Kier molecular flexibility index (Phi) is 8.29. The van der Waals surface area contributed by atoms with Gasteiger partial charge in [-0.25, -0.2) is 0 Å². The minimum atomic E-state index is -0.925. The number of carbonyl (C=O) groups is 3. The van der Waals surface area contributed by atoms with Crippen LogP contribution in [-0.2, 0) is 20.8 Å². The number of anilines is 2. The Balaban J connectivity index is 1.30. The van der Waals surface area contributed by atoms with Crippen molar-refractivity contribution in [3.63, 3.8) is 0 Å². The maximum absolute atomic E-state index is 13.9. The quantitative estimate of drug-likeness (QED) is 0.359. The number of carbonyl (C=O) groups excluding carboxylic acids is 2. The highest BCUT2D eigenvalue weighted by atomic mass is 16.7. The first-order chi connectivity index (χ1) is 20.9. The predicted molar refractivity (Wildman–Crippen MR) is 160 cm³/mol. The molecule has 0 aliphatic carbocycles. The average Bonchev–Trinajstić information content (AvgIpc) is 3.71. The van der Waals surface area contributed by atoms with Crippen molar-refractivity contribution in [2.24, 2.45) is 5.92 Å². The molecule has 2 amide bonds. The number of unbranched alkanes of at least 4 members (excludes halogenated alkanes) is 1. The highest BCUT2D eigenvalue weighted by Gasteiger charge is 2.48. The molecule has 3 aliphatic heterocycles. The molecule has 0 saturated carbocycles. The van der Waals surface area contributed by atoms with E-state index in [1.54, 1.807) is 28.3 Å². The van der Waals surface area contributed by atoms with Crippen LogP contribution in [0.2, 0.25) is 0 Å². The van der Waals surface area contributed by atoms with Gasteiger partial charge in [0.05, 0.1) is 30.8 Å². The minimum Gasteiger partial charge on any atom is -0.481 e. The number of amides is 2. The van der Waals surface area contributed by atoms with E-state index in [1.165, 1.54) is 0 Å². The van der Waals surface area contributed by atoms with Crippen LogP contribution in [0.1, 0.15) is 43.2 Å². The van der Waals surface area contributed by atoms with Gasteiger partial charge in [-0.05, 0) is 54.3 Å². The van der Waals surface area contributed by atoms with Crippen LogP contribution >= 0.6 is 0 Å². The molecule has 1 unspecified atom stereocenters. The van der Waals surface area contributed by atoms with Crippen LogP contribution in [0, 0.1) is 5.92 Å². The highest BCUT2D eigenvalue weighted by Crippen LogP contribution is 2.43. The molecular formula is C33H36N4O6. The fourth-order valence-electron chi connectivity index (χ4n) is 6.64. The van der Waals surface area contributed by atoms with Gasteiger partial charge in [-0.2, -0.15) is 0 Å². The lowest BCUT2D eigenvalue weighted by molar-refractivity contribution is -0.143. The molecule has 1 saturated heterocycles.